The number of aliphatic imine (C=N–C) groups is 1. The van der Waals surface area contributed by atoms with Crippen LogP contribution in [0.2, 0.25) is 5.02 Å². The van der Waals surface area contributed by atoms with Crippen molar-refractivity contribution < 1.29 is 28.6 Å². The second kappa shape index (κ2) is 10.6. The van der Waals surface area contributed by atoms with Crippen LogP contribution in [-0.4, -0.2) is 71.7 Å². The number of amidine groups is 1. The zero-order valence-electron chi connectivity index (χ0n) is 18.2. The number of thiazole rings is 1. The first-order valence-electron chi connectivity index (χ1n) is 10.5. The maximum atomic E-state index is 13.7. The number of nitrogens with one attached hydrogen (secondary N) is 1. The molecule has 2 aliphatic heterocycles. The molecule has 1 saturated heterocycles. The van der Waals surface area contributed by atoms with E-state index in [-0.39, 0.29) is 29.9 Å². The van der Waals surface area contributed by atoms with Gasteiger partial charge >= 0.3 is 11.9 Å². The van der Waals surface area contributed by atoms with Crippen LogP contribution < -0.4 is 5.32 Å². The van der Waals surface area contributed by atoms with Gasteiger partial charge in [-0.3, -0.25) is 9.89 Å². The third kappa shape index (κ3) is 5.44. The number of carbonyl (C=O) groups excluding carboxylic acids is 1. The van der Waals surface area contributed by atoms with Gasteiger partial charge in [-0.15, -0.1) is 11.3 Å². The van der Waals surface area contributed by atoms with Gasteiger partial charge in [-0.25, -0.2) is 19.0 Å². The van der Waals surface area contributed by atoms with Gasteiger partial charge in [0.05, 0.1) is 18.3 Å². The lowest BCUT2D eigenvalue weighted by Gasteiger charge is -2.40. The fourth-order valence-corrected chi connectivity index (χ4v) is 4.59. The lowest BCUT2D eigenvalue weighted by Crippen LogP contribution is -2.54. The van der Waals surface area contributed by atoms with Gasteiger partial charge in [0.15, 0.2) is 10.8 Å². The number of hydrogen-bond acceptors (Lipinski definition) is 9. The van der Waals surface area contributed by atoms with Gasteiger partial charge in [0, 0.05) is 47.5 Å². The van der Waals surface area contributed by atoms with E-state index in [4.69, 9.17) is 31.2 Å². The Kier molecular flexibility index (Phi) is 7.57. The largest absolute Gasteiger partial charge is 0.480 e. The molecule has 0 aliphatic carbocycles. The van der Waals surface area contributed by atoms with Crippen molar-refractivity contribution in [1.29, 1.82) is 0 Å². The number of carbonyl (C=O) groups is 2. The van der Waals surface area contributed by atoms with E-state index >= 15 is 0 Å². The summed E-state index contributed by atoms with van der Waals surface area (Å²) in [6.45, 7) is 2.84. The molecule has 12 heteroatoms. The van der Waals surface area contributed by atoms with Crippen LogP contribution in [0.1, 0.15) is 23.5 Å². The molecule has 0 saturated carbocycles. The van der Waals surface area contributed by atoms with E-state index in [2.05, 4.69) is 10.3 Å². The van der Waals surface area contributed by atoms with Crippen molar-refractivity contribution in [1.82, 2.24) is 15.2 Å². The summed E-state index contributed by atoms with van der Waals surface area (Å²) in [7, 11) is 0. The average molecular weight is 509 g/mol. The van der Waals surface area contributed by atoms with Crippen molar-refractivity contribution in [3.05, 3.63) is 62.5 Å². The molecule has 1 aromatic carbocycles. The molecule has 2 N–H and O–H groups in total. The number of carboxylic acid groups (broad SMARTS) is 1. The van der Waals surface area contributed by atoms with Crippen LogP contribution in [0, 0.1) is 5.82 Å². The first-order chi connectivity index (χ1) is 16.4. The maximum absolute atomic E-state index is 13.7. The molecule has 2 aliphatic rings. The smallest absolute Gasteiger partial charge is 0.338 e. The number of ether oxygens (including phenoxy) is 2. The molecule has 0 radical (unpaired) electrons. The third-order valence-electron chi connectivity index (χ3n) is 5.26. The normalized spacial score (nSPS) is 18.8. The molecule has 3 heterocycles. The van der Waals surface area contributed by atoms with Crippen LogP contribution in [0.25, 0.3) is 0 Å². The molecule has 34 heavy (non-hydrogen) atoms. The minimum Gasteiger partial charge on any atom is -0.480 e. The number of esters is 1. The molecular formula is C22H22ClFN4O5S. The molecule has 0 unspecified atom stereocenters. The Labute approximate surface area is 203 Å². The Balaban J connectivity index is 1.68. The summed E-state index contributed by atoms with van der Waals surface area (Å²) in [6, 6.07) is 3.12. The van der Waals surface area contributed by atoms with Crippen molar-refractivity contribution in [3.8, 4) is 0 Å². The van der Waals surface area contributed by atoms with Crippen LogP contribution in [0.15, 0.2) is 46.0 Å². The lowest BCUT2D eigenvalue weighted by molar-refractivity contribution is -0.148. The summed E-state index contributed by atoms with van der Waals surface area (Å²) in [5, 5.41) is 14.6. The van der Waals surface area contributed by atoms with Crippen molar-refractivity contribution in [2.75, 3.05) is 32.8 Å². The molecule has 0 bridgehead atoms. The SMILES string of the molecule is CCOC(=O)C1=C(CN2CC(OCC(=O)O)C2)NC(c2nccs2)=N[C@H]1c1ccc(F)cc1Cl. The van der Waals surface area contributed by atoms with Gasteiger partial charge in [-0.05, 0) is 19.1 Å². The molecular weight excluding hydrogens is 487 g/mol. The average Bonchev–Trinajstić information content (AvgIpc) is 3.29. The molecule has 1 atom stereocenters. The number of aromatic nitrogens is 1. The maximum Gasteiger partial charge on any atom is 0.338 e. The third-order valence-corrected chi connectivity index (χ3v) is 6.37. The highest BCUT2D eigenvalue weighted by atomic mass is 35.5. The van der Waals surface area contributed by atoms with Gasteiger partial charge in [0.1, 0.15) is 18.5 Å². The Hall–Kier alpha value is -2.86. The molecule has 2 aromatic rings. The van der Waals surface area contributed by atoms with Gasteiger partial charge in [0.25, 0.3) is 0 Å². The van der Waals surface area contributed by atoms with E-state index in [1.807, 2.05) is 10.3 Å². The number of halogens is 2. The highest BCUT2D eigenvalue weighted by Crippen LogP contribution is 2.37. The fourth-order valence-electron chi connectivity index (χ4n) is 3.74. The van der Waals surface area contributed by atoms with Crippen molar-refractivity contribution >= 4 is 40.7 Å². The van der Waals surface area contributed by atoms with Crippen molar-refractivity contribution in [2.24, 2.45) is 4.99 Å². The number of carboxylic acids is 1. The lowest BCUT2D eigenvalue weighted by atomic mass is 9.94. The second-order valence-electron chi connectivity index (χ2n) is 7.64. The Morgan fingerprint density at radius 1 is 1.38 bits per heavy atom. The van der Waals surface area contributed by atoms with E-state index in [0.29, 0.717) is 41.7 Å². The summed E-state index contributed by atoms with van der Waals surface area (Å²) in [5.41, 5.74) is 1.29. The quantitative estimate of drug-likeness (QED) is 0.497. The summed E-state index contributed by atoms with van der Waals surface area (Å²) in [4.78, 5) is 34.8. The van der Waals surface area contributed by atoms with Gasteiger partial charge in [-0.1, -0.05) is 17.7 Å². The van der Waals surface area contributed by atoms with Crippen LogP contribution in [0.3, 0.4) is 0 Å². The van der Waals surface area contributed by atoms with Gasteiger partial charge in [-0.2, -0.15) is 0 Å². The standard InChI is InChI=1S/C22H22ClFN4O5S/c1-2-32-22(31)18-16(10-28-8-13(9-28)33-11-17(29)30)26-20(21-25-5-6-34-21)27-19(18)14-4-3-12(24)7-15(14)23/h3-7,13,19H,2,8-11H2,1H3,(H,26,27)(H,29,30)/t19-/m0/s1. The zero-order valence-corrected chi connectivity index (χ0v) is 19.7. The molecule has 4 rings (SSSR count). The first kappa shape index (κ1) is 24.3. The second-order valence-corrected chi connectivity index (χ2v) is 8.94. The summed E-state index contributed by atoms with van der Waals surface area (Å²) >= 11 is 7.74. The van der Waals surface area contributed by atoms with Crippen LogP contribution >= 0.6 is 22.9 Å². The zero-order chi connectivity index (χ0) is 24.2. The van der Waals surface area contributed by atoms with Crippen molar-refractivity contribution in [3.63, 3.8) is 0 Å². The highest BCUT2D eigenvalue weighted by molar-refractivity contribution is 7.11. The number of nitrogens with zero attached hydrogens (tertiary/aromatic N) is 3. The van der Waals surface area contributed by atoms with E-state index in [1.165, 1.54) is 29.5 Å². The molecule has 180 valence electrons. The number of benzene rings is 1. The van der Waals surface area contributed by atoms with E-state index in [1.54, 1.807) is 13.1 Å². The molecule has 9 nitrogen and oxygen atoms in total. The minimum atomic E-state index is -1.02. The van der Waals surface area contributed by atoms with Gasteiger partial charge < -0.3 is 19.9 Å². The molecule has 0 amide bonds. The Bertz CT molecular complexity index is 1130. The number of likely N-dealkylation sites (tertiary alicyclic amines) is 1. The monoisotopic (exact) mass is 508 g/mol. The van der Waals surface area contributed by atoms with E-state index in [0.717, 1.165) is 0 Å². The molecule has 0 spiro atoms. The van der Waals surface area contributed by atoms with Crippen LogP contribution in [-0.2, 0) is 19.1 Å². The number of hydrogen-bond donors (Lipinski definition) is 2. The van der Waals surface area contributed by atoms with Crippen molar-refractivity contribution in [2.45, 2.75) is 19.1 Å². The topological polar surface area (TPSA) is 113 Å². The van der Waals surface area contributed by atoms with Crippen LogP contribution in [0.4, 0.5) is 4.39 Å². The van der Waals surface area contributed by atoms with Gasteiger partial charge in [0.2, 0.25) is 0 Å². The first-order valence-corrected chi connectivity index (χ1v) is 11.8. The van der Waals surface area contributed by atoms with E-state index < -0.39 is 23.8 Å². The number of aliphatic carboxylic acids is 1. The minimum absolute atomic E-state index is 0.140. The predicted octanol–water partition coefficient (Wildman–Crippen LogP) is 2.63. The van der Waals surface area contributed by atoms with Crippen LogP contribution in [0.5, 0.6) is 0 Å². The number of rotatable bonds is 9. The fraction of sp³-hybridized carbons (Fsp3) is 0.364. The predicted molar refractivity (Wildman–Crippen MR) is 123 cm³/mol. The Morgan fingerprint density at radius 3 is 2.82 bits per heavy atom. The summed E-state index contributed by atoms with van der Waals surface area (Å²) in [6.07, 6.45) is 1.44. The van der Waals surface area contributed by atoms with E-state index in [9.17, 15) is 14.0 Å². The molecule has 1 aromatic heterocycles. The summed E-state index contributed by atoms with van der Waals surface area (Å²) in [5.74, 6) is -1.62. The molecule has 1 fully saturated rings. The Morgan fingerprint density at radius 2 is 2.18 bits per heavy atom. The highest BCUT2D eigenvalue weighted by Gasteiger charge is 2.36. The summed E-state index contributed by atoms with van der Waals surface area (Å²) < 4.78 is 24.4.